The maximum atomic E-state index is 12.6. The molecule has 2 N–H and O–H groups in total. The van der Waals surface area contributed by atoms with Gasteiger partial charge in [-0.05, 0) is 12.6 Å². The van der Waals surface area contributed by atoms with Crippen molar-refractivity contribution in [2.24, 2.45) is 0 Å². The summed E-state index contributed by atoms with van der Waals surface area (Å²) in [6.07, 6.45) is 5.09. The van der Waals surface area contributed by atoms with Gasteiger partial charge in [0.1, 0.15) is 17.6 Å². The second-order valence-electron chi connectivity index (χ2n) is 5.28. The molecule has 1 aliphatic rings. The fourth-order valence-electron chi connectivity index (χ4n) is 2.86. The Morgan fingerprint density at radius 3 is 3.00 bits per heavy atom. The normalized spacial score (nSPS) is 19.1. The van der Waals surface area contributed by atoms with Gasteiger partial charge >= 0.3 is 0 Å². The minimum atomic E-state index is -0.0752. The summed E-state index contributed by atoms with van der Waals surface area (Å²) in [6.45, 7) is 5.08. The predicted octanol–water partition coefficient (Wildman–Crippen LogP) is 1.13. The molecule has 2 aromatic rings. The average molecular weight is 298 g/mol. The highest BCUT2D eigenvalue weighted by Gasteiger charge is 2.31. The maximum Gasteiger partial charge on any atom is 0.270 e. The zero-order chi connectivity index (χ0) is 15.5. The number of hydrogen-bond donors (Lipinski definition) is 2. The van der Waals surface area contributed by atoms with E-state index in [9.17, 15) is 4.79 Å². The second kappa shape index (κ2) is 6.03. The van der Waals surface area contributed by atoms with Gasteiger partial charge in [-0.15, -0.1) is 0 Å². The highest BCUT2D eigenvalue weighted by atomic mass is 16.2. The Balaban J connectivity index is 1.78. The van der Waals surface area contributed by atoms with E-state index in [2.05, 4.69) is 26.8 Å². The Hall–Kier alpha value is -2.59. The number of carbonyl (C=O) groups is 1. The Kier molecular flexibility index (Phi) is 3.94. The molecular formula is C15H18N6O. The lowest BCUT2D eigenvalue weighted by atomic mass is 10.1. The number of hydrogen-bond acceptors (Lipinski definition) is 4. The van der Waals surface area contributed by atoms with E-state index >= 15 is 0 Å². The number of imidazole rings is 1. The molecule has 0 saturated carbocycles. The minimum absolute atomic E-state index is 0.0723. The molecule has 0 bridgehead atoms. The molecule has 0 spiro atoms. The number of H-pyrrole nitrogens is 2. The van der Waals surface area contributed by atoms with E-state index in [0.717, 1.165) is 18.9 Å². The van der Waals surface area contributed by atoms with Gasteiger partial charge in [0.15, 0.2) is 0 Å². The van der Waals surface area contributed by atoms with Gasteiger partial charge in [0.05, 0.1) is 11.6 Å². The average Bonchev–Trinajstić information content (AvgIpc) is 3.24. The summed E-state index contributed by atoms with van der Waals surface area (Å²) in [4.78, 5) is 27.0. The van der Waals surface area contributed by atoms with Crippen molar-refractivity contribution in [2.75, 3.05) is 26.2 Å². The molecule has 1 saturated heterocycles. The number of nitrogens with one attached hydrogen (secondary N) is 2. The fourth-order valence-corrected chi connectivity index (χ4v) is 2.86. The molecule has 1 amide bonds. The molecule has 1 fully saturated rings. The molecular weight excluding hydrogens is 280 g/mol. The Bertz CT molecular complexity index is 683. The summed E-state index contributed by atoms with van der Waals surface area (Å²) in [6, 6.07) is 3.69. The number of nitriles is 1. The lowest BCUT2D eigenvalue weighted by molar-refractivity contribution is 0.0475. The second-order valence-corrected chi connectivity index (χ2v) is 5.28. The highest BCUT2D eigenvalue weighted by Crippen LogP contribution is 2.23. The molecule has 1 atom stereocenters. The van der Waals surface area contributed by atoms with Crippen LogP contribution in [0.2, 0.25) is 0 Å². The van der Waals surface area contributed by atoms with E-state index in [1.807, 2.05) is 11.0 Å². The summed E-state index contributed by atoms with van der Waals surface area (Å²) >= 11 is 0. The number of aromatic nitrogens is 3. The molecule has 0 aliphatic carbocycles. The largest absolute Gasteiger partial charge is 0.356 e. The van der Waals surface area contributed by atoms with Crippen LogP contribution in [-0.2, 0) is 0 Å². The minimum Gasteiger partial charge on any atom is -0.356 e. The van der Waals surface area contributed by atoms with Crippen LogP contribution in [0, 0.1) is 11.3 Å². The van der Waals surface area contributed by atoms with Crippen LogP contribution >= 0.6 is 0 Å². The van der Waals surface area contributed by atoms with Crippen molar-refractivity contribution in [1.29, 1.82) is 5.26 Å². The third kappa shape index (κ3) is 2.61. The van der Waals surface area contributed by atoms with Gasteiger partial charge in [-0.25, -0.2) is 4.98 Å². The van der Waals surface area contributed by atoms with Crippen molar-refractivity contribution < 1.29 is 4.79 Å². The topological polar surface area (TPSA) is 91.8 Å². The van der Waals surface area contributed by atoms with Crippen molar-refractivity contribution in [3.63, 3.8) is 0 Å². The van der Waals surface area contributed by atoms with Crippen LogP contribution < -0.4 is 0 Å². The summed E-state index contributed by atoms with van der Waals surface area (Å²) < 4.78 is 0. The zero-order valence-corrected chi connectivity index (χ0v) is 12.4. The summed E-state index contributed by atoms with van der Waals surface area (Å²) in [5.41, 5.74) is 0.929. The van der Waals surface area contributed by atoms with Crippen molar-refractivity contribution in [3.05, 3.63) is 41.7 Å². The summed E-state index contributed by atoms with van der Waals surface area (Å²) in [5.74, 6) is 0.803. The third-order valence-corrected chi connectivity index (χ3v) is 4.06. The van der Waals surface area contributed by atoms with Gasteiger partial charge in [0.25, 0.3) is 5.91 Å². The van der Waals surface area contributed by atoms with E-state index in [1.165, 1.54) is 0 Å². The first-order chi connectivity index (χ1) is 10.7. The molecule has 3 heterocycles. The standard InChI is InChI=1S/C15H18N6O/c1-2-20-5-6-21(10-13(20)14-17-3-4-18-14)15(22)12-7-11(8-16)9-19-12/h3-4,7,9,13,19H,2,5-6,10H2,1H3,(H,17,18). The summed E-state index contributed by atoms with van der Waals surface area (Å²) in [5, 5.41) is 8.86. The quantitative estimate of drug-likeness (QED) is 0.888. The summed E-state index contributed by atoms with van der Waals surface area (Å²) in [7, 11) is 0. The van der Waals surface area contributed by atoms with Gasteiger partial charge in [0.2, 0.25) is 0 Å². The van der Waals surface area contributed by atoms with E-state index in [-0.39, 0.29) is 11.9 Å². The van der Waals surface area contributed by atoms with Crippen LogP contribution in [0.3, 0.4) is 0 Å². The van der Waals surface area contributed by atoms with E-state index < -0.39 is 0 Å². The molecule has 114 valence electrons. The van der Waals surface area contributed by atoms with Crippen molar-refractivity contribution >= 4 is 5.91 Å². The van der Waals surface area contributed by atoms with E-state index in [0.29, 0.717) is 24.3 Å². The van der Waals surface area contributed by atoms with Crippen molar-refractivity contribution in [3.8, 4) is 6.07 Å². The van der Waals surface area contributed by atoms with Gasteiger partial charge in [0, 0.05) is 38.2 Å². The Morgan fingerprint density at radius 2 is 2.36 bits per heavy atom. The van der Waals surface area contributed by atoms with E-state index in [4.69, 9.17) is 5.26 Å². The number of nitrogens with zero attached hydrogens (tertiary/aromatic N) is 4. The number of rotatable bonds is 3. The van der Waals surface area contributed by atoms with Crippen LogP contribution in [0.5, 0.6) is 0 Å². The molecule has 1 unspecified atom stereocenters. The smallest absolute Gasteiger partial charge is 0.270 e. The highest BCUT2D eigenvalue weighted by molar-refractivity contribution is 5.93. The van der Waals surface area contributed by atoms with Crippen LogP contribution in [0.1, 0.15) is 34.8 Å². The zero-order valence-electron chi connectivity index (χ0n) is 12.4. The maximum absolute atomic E-state index is 12.6. The Labute approximate surface area is 128 Å². The van der Waals surface area contributed by atoms with Crippen LogP contribution in [0.4, 0.5) is 0 Å². The monoisotopic (exact) mass is 298 g/mol. The third-order valence-electron chi connectivity index (χ3n) is 4.06. The van der Waals surface area contributed by atoms with Crippen LogP contribution in [0.15, 0.2) is 24.7 Å². The lowest BCUT2D eigenvalue weighted by Crippen LogP contribution is -2.50. The number of aromatic amines is 2. The van der Waals surface area contributed by atoms with Crippen molar-refractivity contribution in [2.45, 2.75) is 13.0 Å². The first-order valence-corrected chi connectivity index (χ1v) is 7.34. The van der Waals surface area contributed by atoms with Gasteiger partial charge in [-0.3, -0.25) is 9.69 Å². The Morgan fingerprint density at radius 1 is 1.50 bits per heavy atom. The number of carbonyl (C=O) groups excluding carboxylic acids is 1. The fraction of sp³-hybridized carbons (Fsp3) is 0.400. The SMILES string of the molecule is CCN1CCN(C(=O)c2cc(C#N)c[nH]2)CC1c1ncc[nH]1. The van der Waals surface area contributed by atoms with Crippen LogP contribution in [-0.4, -0.2) is 56.8 Å². The van der Waals surface area contributed by atoms with Gasteiger partial charge in [-0.1, -0.05) is 6.92 Å². The molecule has 0 aromatic carbocycles. The molecule has 0 radical (unpaired) electrons. The first-order valence-electron chi connectivity index (χ1n) is 7.34. The lowest BCUT2D eigenvalue weighted by Gasteiger charge is -2.39. The van der Waals surface area contributed by atoms with Crippen molar-refractivity contribution in [1.82, 2.24) is 24.8 Å². The number of amides is 1. The molecule has 7 heteroatoms. The molecule has 22 heavy (non-hydrogen) atoms. The van der Waals surface area contributed by atoms with Crippen LogP contribution in [0.25, 0.3) is 0 Å². The molecule has 3 rings (SSSR count). The van der Waals surface area contributed by atoms with E-state index in [1.54, 1.807) is 24.7 Å². The molecule has 7 nitrogen and oxygen atoms in total. The molecule has 2 aromatic heterocycles. The predicted molar refractivity (Wildman–Crippen MR) is 80.0 cm³/mol. The first kappa shape index (κ1) is 14.4. The van der Waals surface area contributed by atoms with Gasteiger partial charge < -0.3 is 14.9 Å². The molecule has 1 aliphatic heterocycles. The number of likely N-dealkylation sites (N-methyl/N-ethyl adjacent to an activating group) is 1. The number of piperazine rings is 1. The van der Waals surface area contributed by atoms with Gasteiger partial charge in [-0.2, -0.15) is 5.26 Å².